The van der Waals surface area contributed by atoms with Gasteiger partial charge in [-0.3, -0.25) is 4.79 Å². The molecule has 0 saturated carbocycles. The normalized spacial score (nSPS) is 22.4. The highest BCUT2D eigenvalue weighted by Crippen LogP contribution is 2.30. The summed E-state index contributed by atoms with van der Waals surface area (Å²) in [5.41, 5.74) is 0. The first-order valence-electron chi connectivity index (χ1n) is 40.9. The van der Waals surface area contributed by atoms with Crippen LogP contribution in [0.15, 0.2) is 12.2 Å². The lowest BCUT2D eigenvalue weighted by Crippen LogP contribution is -2.65. The second-order valence-electron chi connectivity index (χ2n) is 29.3. The Balaban J connectivity index is 1.61. The summed E-state index contributed by atoms with van der Waals surface area (Å²) in [5.74, 6) is -0.228. The van der Waals surface area contributed by atoms with Gasteiger partial charge in [-0.05, 0) is 19.3 Å². The van der Waals surface area contributed by atoms with Gasteiger partial charge in [0.05, 0.1) is 32.0 Å². The lowest BCUT2D eigenvalue weighted by molar-refractivity contribution is -0.359. The van der Waals surface area contributed by atoms with Crippen LogP contribution in [-0.2, 0) is 23.7 Å². The third-order valence-corrected chi connectivity index (χ3v) is 20.5. The molecule has 2 saturated heterocycles. The Bertz CT molecular complexity index is 1620. The number of nitrogens with one attached hydrogen (secondary N) is 1. The van der Waals surface area contributed by atoms with Crippen LogP contribution in [0.5, 0.6) is 0 Å². The molecule has 1 amide bonds. The standard InChI is InChI=1S/C80H155NO13/c1-3-5-7-9-11-13-15-17-19-21-23-25-27-29-31-33-34-36-37-39-41-43-45-47-49-51-53-55-57-59-61-63-69(84)68(67-91-79-77(90)75(88)78(71(66-83)93-79)94-80-76(89)74(87)73(86)70(65-82)92-80)81-72(85)64-62-60-58-56-54-52-50-48-46-44-42-40-38-35-32-30-28-26-24-22-20-18-16-14-12-10-8-6-4-2/h61,63,68-71,73-80,82-84,86-90H,3-60,62,64-67H2,1-2H3,(H,81,85)/b63-61+. The maximum Gasteiger partial charge on any atom is 0.220 e. The summed E-state index contributed by atoms with van der Waals surface area (Å²) >= 11 is 0. The molecule has 0 radical (unpaired) electrons. The lowest BCUT2D eigenvalue weighted by atomic mass is 9.97. The van der Waals surface area contributed by atoms with E-state index in [1.165, 1.54) is 334 Å². The summed E-state index contributed by atoms with van der Waals surface area (Å²) in [6.07, 6.45) is 65.9. The van der Waals surface area contributed by atoms with Gasteiger partial charge in [-0.25, -0.2) is 0 Å². The molecule has 0 aromatic carbocycles. The van der Waals surface area contributed by atoms with Crippen molar-refractivity contribution in [1.82, 2.24) is 5.32 Å². The molecule has 2 fully saturated rings. The first-order valence-corrected chi connectivity index (χ1v) is 40.9. The predicted molar refractivity (Wildman–Crippen MR) is 388 cm³/mol. The van der Waals surface area contributed by atoms with E-state index < -0.39 is 86.8 Å². The number of aliphatic hydroxyl groups excluding tert-OH is 8. The Morgan fingerprint density at radius 2 is 0.660 bits per heavy atom. The number of allylic oxidation sites excluding steroid dienone is 1. The van der Waals surface area contributed by atoms with Gasteiger partial charge in [0.2, 0.25) is 5.91 Å². The Hall–Kier alpha value is -1.27. The quantitative estimate of drug-likeness (QED) is 0.0204. The van der Waals surface area contributed by atoms with E-state index >= 15 is 0 Å². The van der Waals surface area contributed by atoms with Crippen molar-refractivity contribution < 1.29 is 64.6 Å². The van der Waals surface area contributed by atoms with Gasteiger partial charge in [0.15, 0.2) is 12.6 Å². The van der Waals surface area contributed by atoms with Crippen LogP contribution in [-0.4, -0.2) is 140 Å². The average molecular weight is 1340 g/mol. The predicted octanol–water partition coefficient (Wildman–Crippen LogP) is 18.5. The van der Waals surface area contributed by atoms with Crippen LogP contribution in [0.2, 0.25) is 0 Å². The summed E-state index contributed by atoms with van der Waals surface area (Å²) in [7, 11) is 0. The van der Waals surface area contributed by atoms with Crippen LogP contribution >= 0.6 is 0 Å². The van der Waals surface area contributed by atoms with Crippen LogP contribution in [0, 0.1) is 0 Å². The Morgan fingerprint density at radius 3 is 0.979 bits per heavy atom. The monoisotopic (exact) mass is 1340 g/mol. The molecule has 2 aliphatic rings. The molecule has 2 rings (SSSR count). The molecule has 0 aromatic rings. The molecule has 14 heteroatoms. The highest BCUT2D eigenvalue weighted by molar-refractivity contribution is 5.76. The van der Waals surface area contributed by atoms with Crippen LogP contribution < -0.4 is 5.32 Å². The number of carbonyl (C=O) groups excluding carboxylic acids is 1. The fourth-order valence-corrected chi connectivity index (χ4v) is 14.0. The number of aliphatic hydroxyl groups is 8. The topological polar surface area (TPSA) is 228 Å². The second kappa shape index (κ2) is 65.1. The second-order valence-corrected chi connectivity index (χ2v) is 29.3. The minimum Gasteiger partial charge on any atom is -0.394 e. The van der Waals surface area contributed by atoms with E-state index in [0.29, 0.717) is 0 Å². The zero-order valence-corrected chi connectivity index (χ0v) is 61.2. The van der Waals surface area contributed by atoms with Crippen molar-refractivity contribution in [1.29, 1.82) is 0 Å². The van der Waals surface area contributed by atoms with Gasteiger partial charge in [-0.15, -0.1) is 0 Å². The maximum atomic E-state index is 13.4. The van der Waals surface area contributed by atoms with Crippen molar-refractivity contribution in [3.8, 4) is 0 Å². The molecule has 0 bridgehead atoms. The minimum absolute atomic E-state index is 0.228. The zero-order chi connectivity index (χ0) is 68.0. The molecule has 94 heavy (non-hydrogen) atoms. The lowest BCUT2D eigenvalue weighted by Gasteiger charge is -2.46. The van der Waals surface area contributed by atoms with Crippen LogP contribution in [0.4, 0.5) is 0 Å². The largest absolute Gasteiger partial charge is 0.394 e. The van der Waals surface area contributed by atoms with Crippen molar-refractivity contribution >= 4 is 5.91 Å². The third-order valence-electron chi connectivity index (χ3n) is 20.5. The fourth-order valence-electron chi connectivity index (χ4n) is 14.0. The van der Waals surface area contributed by atoms with Crippen molar-refractivity contribution in [3.63, 3.8) is 0 Å². The Labute approximate surface area is 577 Å². The number of hydrogen-bond donors (Lipinski definition) is 9. The van der Waals surface area contributed by atoms with Crippen LogP contribution in [0.25, 0.3) is 0 Å². The molecule has 12 atom stereocenters. The third kappa shape index (κ3) is 47.7. The van der Waals surface area contributed by atoms with E-state index in [9.17, 15) is 45.6 Å². The average Bonchev–Trinajstić information content (AvgIpc) is 0.794. The van der Waals surface area contributed by atoms with E-state index in [1.807, 2.05) is 6.08 Å². The molecule has 12 unspecified atom stereocenters. The SMILES string of the molecule is CCCCCCCCCCCCCCCCCCCCCCCCCCCCCCC/C=C/C(O)C(COC1OC(CO)C(OC2OC(CO)C(O)C(O)C2O)C(O)C1O)NC(=O)CCCCCCCCCCCCCCCCCCCCCCCCCCCCCCC. The molecule has 2 aliphatic heterocycles. The van der Waals surface area contributed by atoms with Gasteiger partial charge >= 0.3 is 0 Å². The zero-order valence-electron chi connectivity index (χ0n) is 61.2. The number of amides is 1. The Kier molecular flexibility index (Phi) is 61.5. The van der Waals surface area contributed by atoms with Crippen molar-refractivity contribution in [2.24, 2.45) is 0 Å². The summed E-state index contributed by atoms with van der Waals surface area (Å²) in [6.45, 7) is 2.88. The van der Waals surface area contributed by atoms with E-state index in [2.05, 4.69) is 19.2 Å². The molecule has 9 N–H and O–H groups in total. The highest BCUT2D eigenvalue weighted by atomic mass is 16.7. The molecule has 0 aromatic heterocycles. The van der Waals surface area contributed by atoms with Gasteiger partial charge < -0.3 is 65.1 Å². The van der Waals surface area contributed by atoms with E-state index in [-0.39, 0.29) is 18.9 Å². The van der Waals surface area contributed by atoms with Crippen LogP contribution in [0.3, 0.4) is 0 Å². The first kappa shape index (κ1) is 88.8. The molecule has 0 aliphatic carbocycles. The summed E-state index contributed by atoms with van der Waals surface area (Å²) in [6, 6.07) is -0.912. The minimum atomic E-state index is -1.79. The first-order chi connectivity index (χ1) is 46.1. The van der Waals surface area contributed by atoms with Gasteiger partial charge in [0.25, 0.3) is 0 Å². The number of carbonyl (C=O) groups is 1. The highest BCUT2D eigenvalue weighted by Gasteiger charge is 2.51. The number of rotatable bonds is 70. The molecular weight excluding hydrogens is 1180 g/mol. The van der Waals surface area contributed by atoms with Crippen molar-refractivity contribution in [2.75, 3.05) is 19.8 Å². The molecule has 14 nitrogen and oxygen atoms in total. The molecular formula is C80H155NO13. The van der Waals surface area contributed by atoms with Gasteiger partial charge in [0, 0.05) is 6.42 Å². The van der Waals surface area contributed by atoms with Crippen molar-refractivity contribution in [3.05, 3.63) is 12.2 Å². The molecule has 2 heterocycles. The van der Waals surface area contributed by atoms with E-state index in [4.69, 9.17) is 18.9 Å². The number of unbranched alkanes of at least 4 members (excludes halogenated alkanes) is 57. The van der Waals surface area contributed by atoms with Crippen molar-refractivity contribution in [2.45, 2.75) is 473 Å². The van der Waals surface area contributed by atoms with Crippen LogP contribution in [0.1, 0.15) is 399 Å². The number of hydrogen-bond acceptors (Lipinski definition) is 13. The molecule has 558 valence electrons. The Morgan fingerprint density at radius 1 is 0.372 bits per heavy atom. The maximum absolute atomic E-state index is 13.4. The van der Waals surface area contributed by atoms with Gasteiger partial charge in [-0.1, -0.05) is 386 Å². The molecule has 0 spiro atoms. The van der Waals surface area contributed by atoms with Gasteiger partial charge in [0.1, 0.15) is 48.8 Å². The summed E-state index contributed by atoms with van der Waals surface area (Å²) in [5, 5.41) is 87.7. The number of ether oxygens (including phenoxy) is 4. The fraction of sp³-hybridized carbons (Fsp3) is 0.963. The summed E-state index contributed by atoms with van der Waals surface area (Å²) < 4.78 is 22.9. The summed E-state index contributed by atoms with van der Waals surface area (Å²) in [4.78, 5) is 13.4. The van der Waals surface area contributed by atoms with Gasteiger partial charge in [-0.2, -0.15) is 0 Å². The van der Waals surface area contributed by atoms with E-state index in [0.717, 1.165) is 44.9 Å². The smallest absolute Gasteiger partial charge is 0.220 e. The van der Waals surface area contributed by atoms with E-state index in [1.54, 1.807) is 6.08 Å².